The second-order valence-corrected chi connectivity index (χ2v) is 5.95. The lowest BCUT2D eigenvalue weighted by atomic mass is 10.1. The van der Waals surface area contributed by atoms with Gasteiger partial charge in [0.15, 0.2) is 5.13 Å². The number of hydrogen-bond donors (Lipinski definition) is 2. The second kappa shape index (κ2) is 5.63. The number of carboxylic acids is 1. The van der Waals surface area contributed by atoms with Gasteiger partial charge >= 0.3 is 5.97 Å². The summed E-state index contributed by atoms with van der Waals surface area (Å²) in [6.07, 6.45) is 2.34. The molecule has 0 unspecified atom stereocenters. The first kappa shape index (κ1) is 13.1. The Labute approximate surface area is 121 Å². The fourth-order valence-electron chi connectivity index (χ4n) is 2.59. The smallest absolute Gasteiger partial charge is 0.306 e. The minimum Gasteiger partial charge on any atom is -0.481 e. The summed E-state index contributed by atoms with van der Waals surface area (Å²) in [4.78, 5) is 15.5. The lowest BCUT2D eigenvalue weighted by Crippen LogP contribution is -2.17. The van der Waals surface area contributed by atoms with Crippen molar-refractivity contribution in [3.63, 3.8) is 0 Å². The zero-order chi connectivity index (χ0) is 13.9. The van der Waals surface area contributed by atoms with E-state index in [4.69, 9.17) is 5.11 Å². The van der Waals surface area contributed by atoms with E-state index in [2.05, 4.69) is 10.3 Å². The Kier molecular flexibility index (Phi) is 3.69. The summed E-state index contributed by atoms with van der Waals surface area (Å²) in [6.45, 7) is 0. The van der Waals surface area contributed by atoms with Crippen molar-refractivity contribution in [2.24, 2.45) is 5.92 Å². The first-order valence-corrected chi connectivity index (χ1v) is 7.60. The fraction of sp³-hybridized carbons (Fsp3) is 0.333. The Hall–Kier alpha value is -1.88. The third kappa shape index (κ3) is 2.82. The van der Waals surface area contributed by atoms with Crippen LogP contribution in [0.2, 0.25) is 0 Å². The van der Waals surface area contributed by atoms with E-state index in [0.29, 0.717) is 6.42 Å². The molecule has 1 aliphatic rings. The van der Waals surface area contributed by atoms with Crippen molar-refractivity contribution in [3.8, 4) is 11.3 Å². The molecule has 0 saturated heterocycles. The highest BCUT2D eigenvalue weighted by Gasteiger charge is 2.29. The van der Waals surface area contributed by atoms with Gasteiger partial charge in [0.25, 0.3) is 0 Å². The largest absolute Gasteiger partial charge is 0.481 e. The highest BCUT2D eigenvalue weighted by atomic mass is 32.1. The second-order valence-electron chi connectivity index (χ2n) is 5.09. The van der Waals surface area contributed by atoms with Gasteiger partial charge in [-0.3, -0.25) is 4.79 Å². The number of carbonyl (C=O) groups is 1. The van der Waals surface area contributed by atoms with Crippen LogP contribution >= 0.6 is 11.3 Å². The summed E-state index contributed by atoms with van der Waals surface area (Å²) < 4.78 is 0. The molecule has 1 heterocycles. The molecule has 0 bridgehead atoms. The fourth-order valence-corrected chi connectivity index (χ4v) is 3.39. The van der Waals surface area contributed by atoms with Crippen LogP contribution in [0.25, 0.3) is 11.3 Å². The Bertz CT molecular complexity index is 597. The van der Waals surface area contributed by atoms with E-state index in [1.54, 1.807) is 11.3 Å². The molecular formula is C15H16N2O2S. The number of anilines is 1. The average molecular weight is 288 g/mol. The maximum absolute atomic E-state index is 10.9. The van der Waals surface area contributed by atoms with E-state index >= 15 is 0 Å². The standard InChI is InChI=1S/C15H16N2O2S/c18-14(19)11-6-7-12(8-11)16-15-17-13(9-20-15)10-4-2-1-3-5-10/h1-5,9,11-12H,6-8H2,(H,16,17)(H,18,19)/t11-,12+/m1/s1. The summed E-state index contributed by atoms with van der Waals surface area (Å²) >= 11 is 1.57. The Morgan fingerprint density at radius 2 is 2.10 bits per heavy atom. The molecule has 1 aromatic heterocycles. The van der Waals surface area contributed by atoms with Gasteiger partial charge in [-0.25, -0.2) is 4.98 Å². The lowest BCUT2D eigenvalue weighted by molar-refractivity contribution is -0.141. The molecule has 2 N–H and O–H groups in total. The molecule has 2 atom stereocenters. The summed E-state index contributed by atoms with van der Waals surface area (Å²) in [5.41, 5.74) is 2.07. The zero-order valence-corrected chi connectivity index (χ0v) is 11.8. The van der Waals surface area contributed by atoms with Gasteiger partial charge in [-0.15, -0.1) is 11.3 Å². The van der Waals surface area contributed by atoms with Crippen LogP contribution in [0, 0.1) is 5.92 Å². The number of nitrogens with one attached hydrogen (secondary N) is 1. The molecule has 1 saturated carbocycles. The van der Waals surface area contributed by atoms with Crippen molar-refractivity contribution in [1.29, 1.82) is 0 Å². The molecule has 1 fully saturated rings. The third-order valence-electron chi connectivity index (χ3n) is 3.68. The predicted molar refractivity (Wildman–Crippen MR) is 79.9 cm³/mol. The molecule has 1 aromatic carbocycles. The number of carboxylic acid groups (broad SMARTS) is 1. The molecule has 2 aromatic rings. The van der Waals surface area contributed by atoms with Gasteiger partial charge in [-0.1, -0.05) is 30.3 Å². The average Bonchev–Trinajstić information content (AvgIpc) is 3.10. The SMILES string of the molecule is O=C(O)[C@@H]1CC[C@H](Nc2nc(-c3ccccc3)cs2)C1. The minimum absolute atomic E-state index is 0.207. The molecule has 0 aliphatic heterocycles. The summed E-state index contributed by atoms with van der Waals surface area (Å²) in [6, 6.07) is 10.3. The summed E-state index contributed by atoms with van der Waals surface area (Å²) in [5, 5.41) is 15.3. The molecule has 0 amide bonds. The van der Waals surface area contributed by atoms with E-state index in [9.17, 15) is 4.79 Å². The molecule has 104 valence electrons. The molecule has 0 radical (unpaired) electrons. The maximum Gasteiger partial charge on any atom is 0.306 e. The van der Waals surface area contributed by atoms with Crippen molar-refractivity contribution < 1.29 is 9.90 Å². The zero-order valence-electron chi connectivity index (χ0n) is 11.0. The van der Waals surface area contributed by atoms with E-state index in [1.807, 2.05) is 35.7 Å². The van der Waals surface area contributed by atoms with Crippen molar-refractivity contribution in [3.05, 3.63) is 35.7 Å². The van der Waals surface area contributed by atoms with E-state index in [-0.39, 0.29) is 12.0 Å². The Morgan fingerprint density at radius 1 is 1.30 bits per heavy atom. The van der Waals surface area contributed by atoms with Crippen molar-refractivity contribution in [2.75, 3.05) is 5.32 Å². The molecule has 1 aliphatic carbocycles. The number of rotatable bonds is 4. The van der Waals surface area contributed by atoms with Crippen LogP contribution in [0.4, 0.5) is 5.13 Å². The maximum atomic E-state index is 10.9. The van der Waals surface area contributed by atoms with Gasteiger partial charge in [-0.2, -0.15) is 0 Å². The van der Waals surface area contributed by atoms with Crippen molar-refractivity contribution >= 4 is 22.4 Å². The van der Waals surface area contributed by atoms with Crippen molar-refractivity contribution in [1.82, 2.24) is 4.98 Å². The van der Waals surface area contributed by atoms with Crippen LogP contribution in [-0.2, 0) is 4.79 Å². The first-order valence-electron chi connectivity index (χ1n) is 6.72. The highest BCUT2D eigenvalue weighted by Crippen LogP contribution is 2.30. The molecular weight excluding hydrogens is 272 g/mol. The molecule has 5 heteroatoms. The molecule has 3 rings (SSSR count). The Balaban J connectivity index is 1.65. The van der Waals surface area contributed by atoms with Crippen molar-refractivity contribution in [2.45, 2.75) is 25.3 Å². The lowest BCUT2D eigenvalue weighted by Gasteiger charge is -2.10. The molecule has 20 heavy (non-hydrogen) atoms. The van der Waals surface area contributed by atoms with Gasteiger partial charge < -0.3 is 10.4 Å². The topological polar surface area (TPSA) is 62.2 Å². The summed E-state index contributed by atoms with van der Waals surface area (Å²) in [5.74, 6) is -0.889. The number of aromatic nitrogens is 1. The van der Waals surface area contributed by atoms with Gasteiger partial charge in [0.1, 0.15) is 0 Å². The molecule has 4 nitrogen and oxygen atoms in total. The van der Waals surface area contributed by atoms with Gasteiger partial charge in [0, 0.05) is 17.0 Å². The number of aliphatic carboxylic acids is 1. The van der Waals surface area contributed by atoms with Crippen LogP contribution in [0.15, 0.2) is 35.7 Å². The van der Waals surface area contributed by atoms with Crippen LogP contribution in [0.3, 0.4) is 0 Å². The van der Waals surface area contributed by atoms with Crippen LogP contribution in [0.1, 0.15) is 19.3 Å². The Morgan fingerprint density at radius 3 is 2.80 bits per heavy atom. The normalized spacial score (nSPS) is 21.8. The quantitative estimate of drug-likeness (QED) is 0.904. The van der Waals surface area contributed by atoms with E-state index < -0.39 is 5.97 Å². The number of nitrogens with zero attached hydrogens (tertiary/aromatic N) is 1. The van der Waals surface area contributed by atoms with Gasteiger partial charge in [0.2, 0.25) is 0 Å². The predicted octanol–water partition coefficient (Wildman–Crippen LogP) is 3.48. The number of thiazole rings is 1. The number of benzene rings is 1. The number of hydrogen-bond acceptors (Lipinski definition) is 4. The minimum atomic E-state index is -0.682. The van der Waals surface area contributed by atoms with Crippen LogP contribution in [0.5, 0.6) is 0 Å². The third-order valence-corrected chi connectivity index (χ3v) is 4.46. The summed E-state index contributed by atoms with van der Waals surface area (Å²) in [7, 11) is 0. The molecule has 0 spiro atoms. The van der Waals surface area contributed by atoms with E-state index in [1.165, 1.54) is 0 Å². The highest BCUT2D eigenvalue weighted by molar-refractivity contribution is 7.14. The first-order chi connectivity index (χ1) is 9.72. The van der Waals surface area contributed by atoms with Gasteiger partial charge in [0.05, 0.1) is 11.6 Å². The monoisotopic (exact) mass is 288 g/mol. The van der Waals surface area contributed by atoms with Crippen LogP contribution in [-0.4, -0.2) is 22.1 Å². The van der Waals surface area contributed by atoms with E-state index in [0.717, 1.165) is 29.2 Å². The van der Waals surface area contributed by atoms with Gasteiger partial charge in [-0.05, 0) is 19.3 Å². The van der Waals surface area contributed by atoms with Crippen LogP contribution < -0.4 is 5.32 Å².